The van der Waals surface area contributed by atoms with E-state index in [9.17, 15) is 14.7 Å². The van der Waals surface area contributed by atoms with Crippen LogP contribution in [0.25, 0.3) is 0 Å². The van der Waals surface area contributed by atoms with Gasteiger partial charge in [-0.05, 0) is 60.6 Å². The molecule has 1 saturated heterocycles. The van der Waals surface area contributed by atoms with Crippen LogP contribution in [0.15, 0.2) is 53.5 Å². The molecule has 3 N–H and O–H groups in total. The first-order valence-electron chi connectivity index (χ1n) is 15.1. The maximum Gasteiger partial charge on any atom is 0.251 e. The number of rotatable bonds is 12. The number of ether oxygens (including phenoxy) is 1. The fourth-order valence-electron chi connectivity index (χ4n) is 5.59. The van der Waals surface area contributed by atoms with Crippen molar-refractivity contribution < 1.29 is 23.8 Å². The number of likely N-dealkylation sites (tertiary alicyclic amines) is 1. The molecule has 11 heteroatoms. The predicted octanol–water partition coefficient (Wildman–Crippen LogP) is 3.25. The molecule has 1 atom stereocenters. The fraction of sp³-hybridized carbons (Fsp3) is 0.500. The van der Waals surface area contributed by atoms with Crippen molar-refractivity contribution in [1.29, 1.82) is 0 Å². The van der Waals surface area contributed by atoms with E-state index in [-0.39, 0.29) is 24.4 Å². The number of aromatic nitrogens is 2. The third kappa shape index (κ3) is 8.77. The number of anilines is 1. The lowest BCUT2D eigenvalue weighted by Crippen LogP contribution is -2.42. The fourth-order valence-corrected chi connectivity index (χ4v) is 5.59. The molecule has 4 heterocycles. The minimum absolute atomic E-state index is 0.157. The van der Waals surface area contributed by atoms with Gasteiger partial charge in [0.2, 0.25) is 5.91 Å². The van der Waals surface area contributed by atoms with Crippen LogP contribution in [0.3, 0.4) is 0 Å². The van der Waals surface area contributed by atoms with Crippen LogP contribution in [0.4, 0.5) is 5.82 Å². The van der Waals surface area contributed by atoms with Crippen LogP contribution < -0.4 is 15.4 Å². The molecule has 1 unspecified atom stereocenters. The molecule has 1 fully saturated rings. The Morgan fingerprint density at radius 2 is 1.98 bits per heavy atom. The van der Waals surface area contributed by atoms with Gasteiger partial charge < -0.3 is 29.8 Å². The largest absolute Gasteiger partial charge is 0.486 e. The predicted molar refractivity (Wildman–Crippen MR) is 162 cm³/mol. The quantitative estimate of drug-likeness (QED) is 0.291. The normalized spacial score (nSPS) is 16.5. The van der Waals surface area contributed by atoms with E-state index < -0.39 is 6.10 Å². The molecule has 2 aromatic heterocycles. The van der Waals surface area contributed by atoms with Crippen molar-refractivity contribution in [2.75, 3.05) is 38.0 Å². The summed E-state index contributed by atoms with van der Waals surface area (Å²) in [6, 6.07) is 9.69. The summed E-state index contributed by atoms with van der Waals surface area (Å²) in [5.74, 6) is 2.43. The topological polar surface area (TPSA) is 133 Å². The number of aliphatic hydroxyl groups excluding tert-OH is 1. The summed E-state index contributed by atoms with van der Waals surface area (Å²) < 4.78 is 11.0. The SMILES string of the molecule is CC(C)CC(=O)N1CCC(Nc2cc(C(=O)NCC(O)CN3CCc4cc(OCc5cnco5)ccc4C3)ccn2)CC1. The molecular weight excluding hydrogens is 548 g/mol. The molecule has 0 aliphatic carbocycles. The molecule has 5 rings (SSSR count). The molecule has 2 aliphatic rings. The van der Waals surface area contributed by atoms with Crippen molar-refractivity contribution in [3.05, 3.63) is 71.6 Å². The van der Waals surface area contributed by atoms with Crippen LogP contribution in [0.1, 0.15) is 60.4 Å². The number of hydrogen-bond acceptors (Lipinski definition) is 9. The van der Waals surface area contributed by atoms with Gasteiger partial charge >= 0.3 is 0 Å². The summed E-state index contributed by atoms with van der Waals surface area (Å²) in [7, 11) is 0. The molecule has 43 heavy (non-hydrogen) atoms. The zero-order valence-electron chi connectivity index (χ0n) is 25.0. The van der Waals surface area contributed by atoms with Crippen LogP contribution >= 0.6 is 0 Å². The number of carbonyl (C=O) groups is 2. The van der Waals surface area contributed by atoms with E-state index in [1.165, 1.54) is 17.5 Å². The summed E-state index contributed by atoms with van der Waals surface area (Å²) in [5.41, 5.74) is 2.93. The van der Waals surface area contributed by atoms with Crippen LogP contribution in [-0.2, 0) is 24.4 Å². The van der Waals surface area contributed by atoms with Gasteiger partial charge in [-0.25, -0.2) is 9.97 Å². The Hall–Kier alpha value is -3.96. The Morgan fingerprint density at radius 3 is 2.74 bits per heavy atom. The molecule has 230 valence electrons. The van der Waals surface area contributed by atoms with Crippen molar-refractivity contribution in [3.63, 3.8) is 0 Å². The first-order valence-corrected chi connectivity index (χ1v) is 15.1. The maximum absolute atomic E-state index is 12.9. The molecule has 2 aliphatic heterocycles. The van der Waals surface area contributed by atoms with Gasteiger partial charge in [0, 0.05) is 63.5 Å². The van der Waals surface area contributed by atoms with Gasteiger partial charge in [0.1, 0.15) is 18.2 Å². The number of fused-ring (bicyclic) bond motifs is 1. The number of hydrogen-bond donors (Lipinski definition) is 3. The first kappa shape index (κ1) is 30.5. The molecule has 0 bridgehead atoms. The van der Waals surface area contributed by atoms with E-state index >= 15 is 0 Å². The van der Waals surface area contributed by atoms with E-state index in [1.54, 1.807) is 24.5 Å². The molecule has 2 amide bonds. The second-order valence-corrected chi connectivity index (χ2v) is 11.9. The number of pyridine rings is 1. The summed E-state index contributed by atoms with van der Waals surface area (Å²) in [4.78, 5) is 37.6. The number of piperidine rings is 1. The lowest BCUT2D eigenvalue weighted by molar-refractivity contribution is -0.132. The summed E-state index contributed by atoms with van der Waals surface area (Å²) in [6.45, 7) is 8.07. The molecule has 0 saturated carbocycles. The zero-order chi connectivity index (χ0) is 30.2. The highest BCUT2D eigenvalue weighted by atomic mass is 16.5. The van der Waals surface area contributed by atoms with E-state index in [2.05, 4.69) is 51.5 Å². The molecule has 1 aromatic carbocycles. The molecule has 0 radical (unpaired) electrons. The van der Waals surface area contributed by atoms with Crippen molar-refractivity contribution in [2.24, 2.45) is 5.92 Å². The third-order valence-electron chi connectivity index (χ3n) is 7.91. The highest BCUT2D eigenvalue weighted by Gasteiger charge is 2.24. The highest BCUT2D eigenvalue weighted by Crippen LogP contribution is 2.25. The number of aliphatic hydroxyl groups is 1. The number of nitrogens with zero attached hydrogens (tertiary/aromatic N) is 4. The van der Waals surface area contributed by atoms with Crippen molar-refractivity contribution in [2.45, 2.75) is 64.8 Å². The van der Waals surface area contributed by atoms with Crippen LogP contribution in [0, 0.1) is 5.92 Å². The number of carbonyl (C=O) groups excluding carboxylic acids is 2. The first-order chi connectivity index (χ1) is 20.8. The van der Waals surface area contributed by atoms with E-state index in [4.69, 9.17) is 9.15 Å². The van der Waals surface area contributed by atoms with Gasteiger partial charge in [0.05, 0.1) is 12.3 Å². The summed E-state index contributed by atoms with van der Waals surface area (Å²) in [6.07, 6.45) is 7.07. The van der Waals surface area contributed by atoms with E-state index in [0.717, 1.165) is 51.2 Å². The lowest BCUT2D eigenvalue weighted by Gasteiger charge is -2.33. The monoisotopic (exact) mass is 590 g/mol. The molecule has 11 nitrogen and oxygen atoms in total. The van der Waals surface area contributed by atoms with E-state index in [1.807, 2.05) is 11.0 Å². The lowest BCUT2D eigenvalue weighted by atomic mass is 9.99. The molecule has 3 aromatic rings. The Labute approximate surface area is 252 Å². The van der Waals surface area contributed by atoms with Gasteiger partial charge in [-0.15, -0.1) is 0 Å². The number of oxazole rings is 1. The van der Waals surface area contributed by atoms with Gasteiger partial charge in [-0.1, -0.05) is 19.9 Å². The van der Waals surface area contributed by atoms with Crippen molar-refractivity contribution >= 4 is 17.6 Å². The standard InChI is InChI=1S/C32H42N6O5/c1-22(2)13-31(40)38-11-7-26(8-12-38)36-30-15-24(5-9-34-30)32(41)35-16-27(39)19-37-10-6-23-14-28(4-3-25(23)18-37)42-20-29-17-33-21-43-29/h3-5,9,14-15,17,21-22,26-27,39H,6-8,10-13,16,18-20H2,1-2H3,(H,34,36)(H,35,41). The number of nitrogens with one attached hydrogen (secondary N) is 2. The van der Waals surface area contributed by atoms with Crippen molar-refractivity contribution in [3.8, 4) is 5.75 Å². The zero-order valence-corrected chi connectivity index (χ0v) is 25.0. The maximum atomic E-state index is 12.9. The highest BCUT2D eigenvalue weighted by molar-refractivity contribution is 5.94. The third-order valence-corrected chi connectivity index (χ3v) is 7.91. The Morgan fingerprint density at radius 1 is 1.14 bits per heavy atom. The minimum atomic E-state index is -0.696. The number of β-amino-alcohol motifs (C(OH)–C–C–N with tert-alkyl or cyclic N) is 1. The van der Waals surface area contributed by atoms with Crippen LogP contribution in [-0.4, -0.2) is 81.6 Å². The van der Waals surface area contributed by atoms with Gasteiger partial charge in [0.15, 0.2) is 12.2 Å². The van der Waals surface area contributed by atoms with Gasteiger partial charge in [-0.2, -0.15) is 0 Å². The minimum Gasteiger partial charge on any atom is -0.486 e. The average molecular weight is 591 g/mol. The van der Waals surface area contributed by atoms with Gasteiger partial charge in [-0.3, -0.25) is 14.5 Å². The Bertz CT molecular complexity index is 1360. The molecule has 0 spiro atoms. The second kappa shape index (κ2) is 14.5. The van der Waals surface area contributed by atoms with Crippen LogP contribution in [0.2, 0.25) is 0 Å². The smallest absolute Gasteiger partial charge is 0.251 e. The van der Waals surface area contributed by atoms with Crippen molar-refractivity contribution in [1.82, 2.24) is 25.1 Å². The number of amides is 2. The summed E-state index contributed by atoms with van der Waals surface area (Å²) >= 11 is 0. The number of benzene rings is 1. The van der Waals surface area contributed by atoms with Crippen LogP contribution in [0.5, 0.6) is 5.75 Å². The Balaban J connectivity index is 1.04. The second-order valence-electron chi connectivity index (χ2n) is 11.9. The molecular formula is C32H42N6O5. The van der Waals surface area contributed by atoms with E-state index in [0.29, 0.717) is 42.6 Å². The average Bonchev–Trinajstić information content (AvgIpc) is 3.53. The van der Waals surface area contributed by atoms with Gasteiger partial charge in [0.25, 0.3) is 5.91 Å². The Kier molecular flexibility index (Phi) is 10.3. The summed E-state index contributed by atoms with van der Waals surface area (Å²) in [5, 5.41) is 17.0.